The van der Waals surface area contributed by atoms with Gasteiger partial charge in [0, 0.05) is 31.5 Å². The van der Waals surface area contributed by atoms with Crippen LogP contribution in [-0.2, 0) is 26.7 Å². The molecule has 19 heavy (non-hydrogen) atoms. The average Bonchev–Trinajstić information content (AvgIpc) is 2.88. The molecular formula is C14H22N4O. The summed E-state index contributed by atoms with van der Waals surface area (Å²) in [5, 5.41) is 3.15. The van der Waals surface area contributed by atoms with Crippen LogP contribution in [0.2, 0.25) is 0 Å². The number of aryl methyl sites for hydroxylation is 2. The van der Waals surface area contributed by atoms with Gasteiger partial charge in [-0.2, -0.15) is 0 Å². The zero-order valence-electron chi connectivity index (χ0n) is 12.1. The molecule has 2 rings (SSSR count). The smallest absolute Gasteiger partial charge is 0.122 e. The second-order valence-corrected chi connectivity index (χ2v) is 4.95. The molecule has 0 saturated carbocycles. The van der Waals surface area contributed by atoms with Gasteiger partial charge < -0.3 is 14.3 Å². The van der Waals surface area contributed by atoms with Gasteiger partial charge in [0.15, 0.2) is 0 Å². The Morgan fingerprint density at radius 3 is 2.84 bits per heavy atom. The van der Waals surface area contributed by atoms with Gasteiger partial charge in [0.2, 0.25) is 0 Å². The van der Waals surface area contributed by atoms with Crippen LogP contribution in [0.3, 0.4) is 0 Å². The fourth-order valence-corrected chi connectivity index (χ4v) is 2.14. The van der Waals surface area contributed by atoms with Gasteiger partial charge in [-0.3, -0.25) is 4.90 Å². The first-order valence-corrected chi connectivity index (χ1v) is 6.47. The van der Waals surface area contributed by atoms with Crippen LogP contribution in [0.5, 0.6) is 0 Å². The minimum atomic E-state index is 0.789. The monoisotopic (exact) mass is 262 g/mol. The largest absolute Gasteiger partial charge is 0.465 e. The number of nitrogens with zero attached hydrogens (tertiary/aromatic N) is 3. The molecule has 0 aromatic carbocycles. The summed E-state index contributed by atoms with van der Waals surface area (Å²) in [5.74, 6) is 3.05. The maximum atomic E-state index is 5.78. The normalized spacial score (nSPS) is 11.4. The van der Waals surface area contributed by atoms with Crippen molar-refractivity contribution in [1.82, 2.24) is 19.8 Å². The van der Waals surface area contributed by atoms with Crippen molar-refractivity contribution in [3.05, 3.63) is 41.4 Å². The summed E-state index contributed by atoms with van der Waals surface area (Å²) in [6.07, 6.45) is 3.79. The predicted molar refractivity (Wildman–Crippen MR) is 74.6 cm³/mol. The lowest BCUT2D eigenvalue weighted by molar-refractivity contribution is 0.276. The Balaban J connectivity index is 1.97. The van der Waals surface area contributed by atoms with Crippen LogP contribution in [0.15, 0.2) is 22.9 Å². The number of imidazole rings is 1. The fourth-order valence-electron chi connectivity index (χ4n) is 2.14. The molecule has 2 heterocycles. The molecule has 5 nitrogen and oxygen atoms in total. The number of hydrogen-bond acceptors (Lipinski definition) is 4. The highest BCUT2D eigenvalue weighted by molar-refractivity contribution is 5.20. The summed E-state index contributed by atoms with van der Waals surface area (Å²) in [6, 6.07) is 2.13. The molecule has 5 heteroatoms. The summed E-state index contributed by atoms with van der Waals surface area (Å²) >= 11 is 0. The maximum Gasteiger partial charge on any atom is 0.122 e. The Morgan fingerprint density at radius 2 is 2.21 bits per heavy atom. The minimum Gasteiger partial charge on any atom is -0.465 e. The minimum absolute atomic E-state index is 0.789. The fraction of sp³-hybridized carbons (Fsp3) is 0.500. The Labute approximate surface area is 114 Å². The molecule has 0 radical (unpaired) electrons. The van der Waals surface area contributed by atoms with E-state index < -0.39 is 0 Å². The lowest BCUT2D eigenvalue weighted by Gasteiger charge is -2.14. The van der Waals surface area contributed by atoms with E-state index in [9.17, 15) is 0 Å². The van der Waals surface area contributed by atoms with Crippen LogP contribution in [0.1, 0.15) is 22.9 Å². The van der Waals surface area contributed by atoms with Crippen molar-refractivity contribution in [3.63, 3.8) is 0 Å². The van der Waals surface area contributed by atoms with Crippen molar-refractivity contribution >= 4 is 0 Å². The number of aromatic nitrogens is 2. The summed E-state index contributed by atoms with van der Waals surface area (Å²) in [6.45, 7) is 4.45. The highest BCUT2D eigenvalue weighted by atomic mass is 16.3. The molecule has 0 bridgehead atoms. The van der Waals surface area contributed by atoms with Crippen molar-refractivity contribution in [1.29, 1.82) is 0 Å². The summed E-state index contributed by atoms with van der Waals surface area (Å²) in [5.41, 5.74) is 1.22. The van der Waals surface area contributed by atoms with Gasteiger partial charge in [0.1, 0.15) is 17.3 Å². The van der Waals surface area contributed by atoms with Gasteiger partial charge in [-0.25, -0.2) is 4.98 Å². The zero-order valence-corrected chi connectivity index (χ0v) is 12.1. The third kappa shape index (κ3) is 3.45. The van der Waals surface area contributed by atoms with E-state index in [-0.39, 0.29) is 0 Å². The molecular weight excluding hydrogens is 240 g/mol. The first-order valence-electron chi connectivity index (χ1n) is 6.47. The van der Waals surface area contributed by atoms with Crippen LogP contribution in [-0.4, -0.2) is 28.5 Å². The number of rotatable bonds is 6. The third-order valence-electron chi connectivity index (χ3n) is 3.20. The molecule has 0 aliphatic heterocycles. The van der Waals surface area contributed by atoms with Gasteiger partial charge >= 0.3 is 0 Å². The van der Waals surface area contributed by atoms with E-state index in [0.29, 0.717) is 0 Å². The van der Waals surface area contributed by atoms with Gasteiger partial charge in [-0.15, -0.1) is 0 Å². The molecule has 2 aromatic heterocycles. The Kier molecular flexibility index (Phi) is 4.39. The highest BCUT2D eigenvalue weighted by Gasteiger charge is 2.10. The third-order valence-corrected chi connectivity index (χ3v) is 3.20. The van der Waals surface area contributed by atoms with Crippen molar-refractivity contribution in [2.24, 2.45) is 7.05 Å². The van der Waals surface area contributed by atoms with Gasteiger partial charge in [0.05, 0.1) is 13.1 Å². The Bertz CT molecular complexity index is 529. The number of hydrogen-bond donors (Lipinski definition) is 1. The van der Waals surface area contributed by atoms with E-state index in [4.69, 9.17) is 4.42 Å². The topological polar surface area (TPSA) is 46.2 Å². The zero-order chi connectivity index (χ0) is 13.8. The summed E-state index contributed by atoms with van der Waals surface area (Å²) in [4.78, 5) is 6.53. The van der Waals surface area contributed by atoms with E-state index in [0.717, 1.165) is 37.0 Å². The van der Waals surface area contributed by atoms with Crippen LogP contribution in [0.4, 0.5) is 0 Å². The first-order chi connectivity index (χ1) is 9.10. The molecule has 0 atom stereocenters. The van der Waals surface area contributed by atoms with E-state index in [1.807, 2.05) is 38.0 Å². The van der Waals surface area contributed by atoms with Crippen molar-refractivity contribution in [3.8, 4) is 0 Å². The maximum absolute atomic E-state index is 5.78. The Morgan fingerprint density at radius 1 is 1.42 bits per heavy atom. The molecule has 1 N–H and O–H groups in total. The van der Waals surface area contributed by atoms with Crippen molar-refractivity contribution < 1.29 is 4.42 Å². The molecule has 104 valence electrons. The lowest BCUT2D eigenvalue weighted by Crippen LogP contribution is -2.19. The van der Waals surface area contributed by atoms with Gasteiger partial charge in [-0.1, -0.05) is 0 Å². The average molecular weight is 262 g/mol. The number of furan rings is 1. The van der Waals surface area contributed by atoms with Crippen molar-refractivity contribution in [2.75, 3.05) is 14.1 Å². The molecule has 0 spiro atoms. The highest BCUT2D eigenvalue weighted by Crippen LogP contribution is 2.16. The molecule has 0 saturated heterocycles. The molecule has 0 fully saturated rings. The van der Waals surface area contributed by atoms with Crippen LogP contribution < -0.4 is 5.32 Å². The van der Waals surface area contributed by atoms with Gasteiger partial charge in [-0.05, 0) is 27.1 Å². The van der Waals surface area contributed by atoms with E-state index >= 15 is 0 Å². The summed E-state index contributed by atoms with van der Waals surface area (Å²) in [7, 11) is 6.03. The molecule has 0 amide bonds. The molecule has 0 unspecified atom stereocenters. The van der Waals surface area contributed by atoms with Crippen LogP contribution in [0, 0.1) is 6.92 Å². The standard InChI is InChI=1S/C14H22N4O/c1-11-12(8-15-2)7-13(19-11)9-17(3)10-14-16-5-6-18(14)4/h5-7,15H,8-10H2,1-4H3. The predicted octanol–water partition coefficient (Wildman–Crippen LogP) is 1.67. The Hall–Kier alpha value is -1.59. The van der Waals surface area contributed by atoms with Gasteiger partial charge in [0.25, 0.3) is 0 Å². The quantitative estimate of drug-likeness (QED) is 0.860. The summed E-state index contributed by atoms with van der Waals surface area (Å²) < 4.78 is 7.82. The van der Waals surface area contributed by atoms with E-state index in [2.05, 4.69) is 28.3 Å². The second-order valence-electron chi connectivity index (χ2n) is 4.95. The first kappa shape index (κ1) is 13.8. The SMILES string of the molecule is CNCc1cc(CN(C)Cc2nccn2C)oc1C. The van der Waals surface area contributed by atoms with Crippen LogP contribution in [0.25, 0.3) is 0 Å². The van der Waals surface area contributed by atoms with Crippen molar-refractivity contribution in [2.45, 2.75) is 26.6 Å². The van der Waals surface area contributed by atoms with E-state index in [1.54, 1.807) is 0 Å². The molecule has 2 aromatic rings. The van der Waals surface area contributed by atoms with E-state index in [1.165, 1.54) is 5.56 Å². The lowest BCUT2D eigenvalue weighted by atomic mass is 10.2. The van der Waals surface area contributed by atoms with Crippen LogP contribution >= 0.6 is 0 Å². The molecule has 0 aliphatic carbocycles. The molecule has 0 aliphatic rings. The second kappa shape index (κ2) is 6.04. The number of nitrogens with one attached hydrogen (secondary N) is 1.